The van der Waals surface area contributed by atoms with Crippen molar-refractivity contribution in [3.8, 4) is 0 Å². The Balaban J connectivity index is 1.89. The third kappa shape index (κ3) is 6.10. The fraction of sp³-hybridized carbons (Fsp3) is 0.357. The van der Waals surface area contributed by atoms with E-state index < -0.39 is 0 Å². The van der Waals surface area contributed by atoms with Gasteiger partial charge in [0.2, 0.25) is 11.0 Å². The summed E-state index contributed by atoms with van der Waals surface area (Å²) >= 11 is 14.6. The van der Waals surface area contributed by atoms with Gasteiger partial charge in [0.1, 0.15) is 0 Å². The van der Waals surface area contributed by atoms with Crippen LogP contribution in [-0.4, -0.2) is 41.6 Å². The summed E-state index contributed by atoms with van der Waals surface area (Å²) in [7, 11) is 1.64. The summed E-state index contributed by atoms with van der Waals surface area (Å²) in [5.41, 5.74) is 0.559. The summed E-state index contributed by atoms with van der Waals surface area (Å²) in [6, 6.07) is 4.90. The first-order valence-electron chi connectivity index (χ1n) is 6.98. The van der Waals surface area contributed by atoms with E-state index in [2.05, 4.69) is 20.8 Å². The molecule has 2 rings (SSSR count). The first-order valence-corrected chi connectivity index (χ1v) is 9.43. The van der Waals surface area contributed by atoms with E-state index in [-0.39, 0.29) is 11.2 Å². The Labute approximate surface area is 158 Å². The van der Waals surface area contributed by atoms with Gasteiger partial charge in [-0.15, -0.1) is 10.2 Å². The molecule has 0 radical (unpaired) electrons. The second-order valence-corrected chi connectivity index (χ2v) is 8.14. The number of hydrogen-bond acceptors (Lipinski definition) is 7. The van der Waals surface area contributed by atoms with Gasteiger partial charge in [0.25, 0.3) is 0 Å². The molecule has 6 nitrogen and oxygen atoms in total. The van der Waals surface area contributed by atoms with Crippen molar-refractivity contribution >= 4 is 63.0 Å². The first kappa shape index (κ1) is 19.3. The average molecular weight is 407 g/mol. The van der Waals surface area contributed by atoms with E-state index >= 15 is 0 Å². The van der Waals surface area contributed by atoms with Crippen molar-refractivity contribution in [2.75, 3.05) is 30.9 Å². The predicted molar refractivity (Wildman–Crippen MR) is 101 cm³/mol. The third-order valence-corrected chi connectivity index (χ3v) is 5.27. The number of anilines is 2. The van der Waals surface area contributed by atoms with Gasteiger partial charge in [0, 0.05) is 29.4 Å². The van der Waals surface area contributed by atoms with Crippen molar-refractivity contribution in [2.24, 2.45) is 0 Å². The van der Waals surface area contributed by atoms with Gasteiger partial charge in [-0.05, 0) is 25.1 Å². The number of thioether (sulfide) groups is 1. The second-order valence-electron chi connectivity index (χ2n) is 4.70. The van der Waals surface area contributed by atoms with Crippen LogP contribution in [0, 0.1) is 0 Å². The van der Waals surface area contributed by atoms with Crippen LogP contribution in [0.3, 0.4) is 0 Å². The smallest absolute Gasteiger partial charge is 0.237 e. The van der Waals surface area contributed by atoms with Crippen LogP contribution in [-0.2, 0) is 9.53 Å². The molecule has 0 saturated heterocycles. The van der Waals surface area contributed by atoms with Crippen LogP contribution in [0.2, 0.25) is 10.0 Å². The van der Waals surface area contributed by atoms with Gasteiger partial charge in [-0.25, -0.2) is 0 Å². The second kappa shape index (κ2) is 9.43. The molecule has 1 aromatic carbocycles. The summed E-state index contributed by atoms with van der Waals surface area (Å²) in [5, 5.41) is 15.3. The molecule has 1 heterocycles. The number of benzene rings is 1. The first-order chi connectivity index (χ1) is 11.5. The molecule has 130 valence electrons. The van der Waals surface area contributed by atoms with E-state index in [1.165, 1.54) is 23.1 Å². The van der Waals surface area contributed by atoms with Crippen molar-refractivity contribution < 1.29 is 9.53 Å². The maximum absolute atomic E-state index is 12.3. The minimum absolute atomic E-state index is 0.164. The van der Waals surface area contributed by atoms with E-state index in [0.29, 0.717) is 38.4 Å². The minimum atomic E-state index is -0.345. The molecule has 2 N–H and O–H groups in total. The number of nitrogens with zero attached hydrogens (tertiary/aromatic N) is 2. The van der Waals surface area contributed by atoms with Crippen LogP contribution >= 0.6 is 46.3 Å². The average Bonchev–Trinajstić information content (AvgIpc) is 2.93. The summed E-state index contributed by atoms with van der Waals surface area (Å²) in [4.78, 5) is 12.3. The number of hydrogen-bond donors (Lipinski definition) is 2. The molecule has 0 saturated carbocycles. The number of carbonyl (C=O) groups excluding carboxylic acids is 1. The summed E-state index contributed by atoms with van der Waals surface area (Å²) in [6.45, 7) is 3.04. The fourth-order valence-electron chi connectivity index (χ4n) is 1.66. The molecule has 0 unspecified atom stereocenters. The Kier molecular flexibility index (Phi) is 7.57. The number of nitrogens with one attached hydrogen (secondary N) is 2. The van der Waals surface area contributed by atoms with E-state index in [4.69, 9.17) is 27.9 Å². The normalized spacial score (nSPS) is 12.0. The molecular weight excluding hydrogens is 391 g/mol. The van der Waals surface area contributed by atoms with Crippen LogP contribution in [0.15, 0.2) is 22.5 Å². The highest BCUT2D eigenvalue weighted by Crippen LogP contribution is 2.30. The standard InChI is InChI=1S/C14H16Cl2N4O2S2/c1-8(12(21)18-11-6-9(15)5-10(16)7-11)23-14-20-19-13(24-14)17-3-4-22-2/h5-8H,3-4H2,1-2H3,(H,17,19)(H,18,21)/t8-/m0/s1. The van der Waals surface area contributed by atoms with Crippen molar-refractivity contribution in [1.82, 2.24) is 10.2 Å². The SMILES string of the molecule is COCCNc1nnc(S[C@@H](C)C(=O)Nc2cc(Cl)cc(Cl)c2)s1. The molecule has 0 aliphatic rings. The van der Waals surface area contributed by atoms with Crippen molar-refractivity contribution in [2.45, 2.75) is 16.5 Å². The number of aromatic nitrogens is 2. The van der Waals surface area contributed by atoms with Gasteiger partial charge in [0.15, 0.2) is 4.34 Å². The molecule has 1 amide bonds. The van der Waals surface area contributed by atoms with Crippen LogP contribution in [0.4, 0.5) is 10.8 Å². The molecule has 0 aliphatic carbocycles. The van der Waals surface area contributed by atoms with E-state index in [1.54, 1.807) is 32.2 Å². The Bertz CT molecular complexity index is 679. The number of halogens is 2. The van der Waals surface area contributed by atoms with Gasteiger partial charge in [0.05, 0.1) is 11.9 Å². The summed E-state index contributed by atoms with van der Waals surface area (Å²) < 4.78 is 5.67. The lowest BCUT2D eigenvalue weighted by molar-refractivity contribution is -0.115. The largest absolute Gasteiger partial charge is 0.383 e. The Morgan fingerprint density at radius 1 is 1.33 bits per heavy atom. The van der Waals surface area contributed by atoms with E-state index in [0.717, 1.165) is 0 Å². The van der Waals surface area contributed by atoms with Gasteiger partial charge in [-0.2, -0.15) is 0 Å². The maximum Gasteiger partial charge on any atom is 0.237 e. The van der Waals surface area contributed by atoms with Crippen LogP contribution < -0.4 is 10.6 Å². The molecule has 1 atom stereocenters. The zero-order chi connectivity index (χ0) is 17.5. The maximum atomic E-state index is 12.3. The van der Waals surface area contributed by atoms with Crippen LogP contribution in [0.25, 0.3) is 0 Å². The van der Waals surface area contributed by atoms with Crippen LogP contribution in [0.5, 0.6) is 0 Å². The zero-order valence-electron chi connectivity index (χ0n) is 13.0. The van der Waals surface area contributed by atoms with E-state index in [1.807, 2.05) is 0 Å². The highest BCUT2D eigenvalue weighted by Gasteiger charge is 2.17. The van der Waals surface area contributed by atoms with Crippen molar-refractivity contribution in [1.29, 1.82) is 0 Å². The Morgan fingerprint density at radius 3 is 2.71 bits per heavy atom. The molecule has 0 fully saturated rings. The molecule has 1 aromatic heterocycles. The zero-order valence-corrected chi connectivity index (χ0v) is 16.2. The number of methoxy groups -OCH3 is 1. The number of carbonyl (C=O) groups is 1. The molecule has 2 aromatic rings. The lowest BCUT2D eigenvalue weighted by atomic mass is 10.3. The summed E-state index contributed by atoms with van der Waals surface area (Å²) in [6.07, 6.45) is 0. The van der Waals surface area contributed by atoms with Gasteiger partial charge in [-0.3, -0.25) is 4.79 Å². The third-order valence-electron chi connectivity index (χ3n) is 2.77. The Hall–Kier alpha value is -1.06. The molecule has 0 aliphatic heterocycles. The number of amides is 1. The lowest BCUT2D eigenvalue weighted by Gasteiger charge is -2.10. The molecule has 0 bridgehead atoms. The lowest BCUT2D eigenvalue weighted by Crippen LogP contribution is -2.22. The van der Waals surface area contributed by atoms with Crippen LogP contribution in [0.1, 0.15) is 6.92 Å². The fourth-order valence-corrected chi connectivity index (χ4v) is 4.11. The summed E-state index contributed by atoms with van der Waals surface area (Å²) in [5.74, 6) is -0.164. The van der Waals surface area contributed by atoms with Gasteiger partial charge >= 0.3 is 0 Å². The predicted octanol–water partition coefficient (Wildman–Crippen LogP) is 4.02. The quantitative estimate of drug-likeness (QED) is 0.509. The highest BCUT2D eigenvalue weighted by atomic mass is 35.5. The Morgan fingerprint density at radius 2 is 2.04 bits per heavy atom. The van der Waals surface area contributed by atoms with Crippen molar-refractivity contribution in [3.05, 3.63) is 28.2 Å². The molecule has 0 spiro atoms. The molecule has 10 heteroatoms. The van der Waals surface area contributed by atoms with E-state index in [9.17, 15) is 4.79 Å². The number of ether oxygens (including phenoxy) is 1. The highest BCUT2D eigenvalue weighted by molar-refractivity contribution is 8.02. The topological polar surface area (TPSA) is 76.1 Å². The molecule has 24 heavy (non-hydrogen) atoms. The minimum Gasteiger partial charge on any atom is -0.383 e. The monoisotopic (exact) mass is 406 g/mol. The van der Waals surface area contributed by atoms with Crippen molar-refractivity contribution in [3.63, 3.8) is 0 Å². The van der Waals surface area contributed by atoms with Gasteiger partial charge < -0.3 is 15.4 Å². The van der Waals surface area contributed by atoms with Gasteiger partial charge in [-0.1, -0.05) is 46.3 Å². The number of rotatable bonds is 8. The molecular formula is C14H16Cl2N4O2S2.